The fourth-order valence-electron chi connectivity index (χ4n) is 4.00. The Morgan fingerprint density at radius 2 is 1.83 bits per heavy atom. The lowest BCUT2D eigenvalue weighted by atomic mass is 10.0. The third kappa shape index (κ3) is 6.23. The molecule has 11 heteroatoms. The van der Waals surface area contributed by atoms with Gasteiger partial charge in [-0.25, -0.2) is 0 Å². The van der Waals surface area contributed by atoms with Gasteiger partial charge in [0, 0.05) is 18.7 Å². The van der Waals surface area contributed by atoms with E-state index in [2.05, 4.69) is 10.6 Å². The summed E-state index contributed by atoms with van der Waals surface area (Å²) in [6.45, 7) is 7.79. The molecule has 1 aromatic rings. The number of carboxylic acids is 1. The number of anilines is 1. The van der Waals surface area contributed by atoms with E-state index in [9.17, 15) is 24.0 Å². The minimum absolute atomic E-state index is 0.0548. The maximum atomic E-state index is 13.1. The summed E-state index contributed by atoms with van der Waals surface area (Å²) in [5, 5.41) is 14.3. The monoisotopic (exact) mass is 489 g/mol. The first-order chi connectivity index (χ1) is 16.3. The van der Waals surface area contributed by atoms with Crippen LogP contribution in [0.25, 0.3) is 0 Å². The van der Waals surface area contributed by atoms with Crippen LogP contribution in [0.1, 0.15) is 67.7 Å². The minimum Gasteiger partial charge on any atom is -0.481 e. The van der Waals surface area contributed by atoms with Gasteiger partial charge in [0.25, 0.3) is 11.8 Å². The number of nitrogens with one attached hydrogen (secondary N) is 2. The number of carboxylic acid groups (broad SMARTS) is 1. The average molecular weight is 490 g/mol. The molecule has 0 bridgehead atoms. The van der Waals surface area contributed by atoms with Crippen LogP contribution in [0.3, 0.4) is 0 Å². The van der Waals surface area contributed by atoms with E-state index in [1.54, 1.807) is 26.0 Å². The van der Waals surface area contributed by atoms with Crippen LogP contribution < -0.4 is 10.6 Å². The van der Waals surface area contributed by atoms with Crippen molar-refractivity contribution in [2.75, 3.05) is 25.1 Å². The van der Waals surface area contributed by atoms with E-state index in [0.29, 0.717) is 12.2 Å². The molecule has 0 saturated carbocycles. The Kier molecular flexibility index (Phi) is 7.61. The zero-order chi connectivity index (χ0) is 26.0. The first-order valence-electron chi connectivity index (χ1n) is 11.4. The van der Waals surface area contributed by atoms with E-state index >= 15 is 0 Å². The molecule has 1 aromatic carbocycles. The van der Waals surface area contributed by atoms with Gasteiger partial charge in [0.05, 0.1) is 42.0 Å². The topological polar surface area (TPSA) is 151 Å². The van der Waals surface area contributed by atoms with E-state index in [-0.39, 0.29) is 43.6 Å². The zero-order valence-corrected chi connectivity index (χ0v) is 20.3. The van der Waals surface area contributed by atoms with Gasteiger partial charge in [-0.1, -0.05) is 6.07 Å². The first kappa shape index (κ1) is 26.3. The van der Waals surface area contributed by atoms with Crippen LogP contribution in [0.5, 0.6) is 0 Å². The van der Waals surface area contributed by atoms with Crippen molar-refractivity contribution in [1.82, 2.24) is 10.2 Å². The van der Waals surface area contributed by atoms with Gasteiger partial charge in [0.15, 0.2) is 0 Å². The molecule has 11 nitrogen and oxygen atoms in total. The molecule has 0 aromatic heterocycles. The highest BCUT2D eigenvalue weighted by atomic mass is 16.6. The highest BCUT2D eigenvalue weighted by molar-refractivity contribution is 6.25. The average Bonchev–Trinajstić information content (AvgIpc) is 3.00. The fourth-order valence-corrected chi connectivity index (χ4v) is 4.00. The van der Waals surface area contributed by atoms with Crippen LogP contribution in [0, 0.1) is 0 Å². The van der Waals surface area contributed by atoms with Crippen LogP contribution in [0.2, 0.25) is 0 Å². The van der Waals surface area contributed by atoms with E-state index < -0.39 is 46.8 Å². The molecule has 190 valence electrons. The third-order valence-corrected chi connectivity index (χ3v) is 5.77. The van der Waals surface area contributed by atoms with E-state index in [4.69, 9.17) is 14.6 Å². The minimum atomic E-state index is -1.03. The lowest BCUT2D eigenvalue weighted by Crippen LogP contribution is -2.54. The van der Waals surface area contributed by atoms with Crippen molar-refractivity contribution in [2.24, 2.45) is 0 Å². The van der Waals surface area contributed by atoms with Crippen LogP contribution >= 0.6 is 0 Å². The van der Waals surface area contributed by atoms with Gasteiger partial charge < -0.3 is 19.9 Å². The number of nitrogens with zero attached hydrogens (tertiary/aromatic N) is 1. The molecule has 35 heavy (non-hydrogen) atoms. The predicted molar refractivity (Wildman–Crippen MR) is 124 cm³/mol. The summed E-state index contributed by atoms with van der Waals surface area (Å²) >= 11 is 0. The molecule has 4 amide bonds. The van der Waals surface area contributed by atoms with Crippen LogP contribution in [0.15, 0.2) is 18.2 Å². The number of fused-ring (bicyclic) bond motifs is 1. The Hall–Kier alpha value is -3.31. The number of amides is 4. The standard InChI is InChI=1S/C24H31N3O8/c1-23(2,12-18(29)30)35-13-24(3,4)34-11-10-25-15-7-5-6-14-19(15)22(33)27(21(14)32)16-8-9-17(28)26-20(16)31/h5-7,16,25H,8-13H2,1-4H3,(H,29,30)(H,26,28,31). The summed E-state index contributed by atoms with van der Waals surface area (Å²) in [6.07, 6.45) is 0.0127. The first-order valence-corrected chi connectivity index (χ1v) is 11.4. The van der Waals surface area contributed by atoms with Gasteiger partial charge in [0.1, 0.15) is 6.04 Å². The second-order valence-corrected chi connectivity index (χ2v) is 9.83. The van der Waals surface area contributed by atoms with Crippen molar-refractivity contribution in [2.45, 2.75) is 64.2 Å². The number of imide groups is 2. The maximum absolute atomic E-state index is 13.1. The van der Waals surface area contributed by atoms with Gasteiger partial charge in [-0.3, -0.25) is 34.2 Å². The van der Waals surface area contributed by atoms with Gasteiger partial charge in [-0.2, -0.15) is 0 Å². The Morgan fingerprint density at radius 1 is 1.11 bits per heavy atom. The lowest BCUT2D eigenvalue weighted by molar-refractivity contribution is -0.151. The number of hydrogen-bond acceptors (Lipinski definition) is 8. The smallest absolute Gasteiger partial charge is 0.306 e. The normalized spacial score (nSPS) is 18.5. The number of carbonyl (C=O) groups excluding carboxylic acids is 4. The number of ether oxygens (including phenoxy) is 2. The number of rotatable bonds is 11. The van der Waals surface area contributed by atoms with Gasteiger partial charge in [0.2, 0.25) is 11.8 Å². The highest BCUT2D eigenvalue weighted by Crippen LogP contribution is 2.32. The number of carbonyl (C=O) groups is 5. The van der Waals surface area contributed by atoms with Crippen LogP contribution in [0.4, 0.5) is 5.69 Å². The summed E-state index contributed by atoms with van der Waals surface area (Å²) in [4.78, 5) is 61.6. The second-order valence-electron chi connectivity index (χ2n) is 9.83. The molecule has 2 aliphatic rings. The molecular weight excluding hydrogens is 458 g/mol. The zero-order valence-electron chi connectivity index (χ0n) is 20.3. The molecular formula is C24H31N3O8. The molecule has 0 radical (unpaired) electrons. The largest absolute Gasteiger partial charge is 0.481 e. The molecule has 2 heterocycles. The molecule has 3 N–H and O–H groups in total. The Labute approximate surface area is 203 Å². The van der Waals surface area contributed by atoms with Gasteiger partial charge >= 0.3 is 5.97 Å². The Morgan fingerprint density at radius 3 is 2.49 bits per heavy atom. The predicted octanol–water partition coefficient (Wildman–Crippen LogP) is 1.56. The van der Waals surface area contributed by atoms with Crippen molar-refractivity contribution in [3.63, 3.8) is 0 Å². The van der Waals surface area contributed by atoms with E-state index in [1.165, 1.54) is 6.07 Å². The van der Waals surface area contributed by atoms with Gasteiger partial charge in [-0.05, 0) is 46.2 Å². The molecule has 0 spiro atoms. The second kappa shape index (κ2) is 10.1. The Bertz CT molecular complexity index is 1050. The lowest BCUT2D eigenvalue weighted by Gasteiger charge is -2.31. The van der Waals surface area contributed by atoms with Crippen LogP contribution in [-0.4, -0.2) is 76.6 Å². The SMILES string of the molecule is CC(C)(COC(C)(C)CC(=O)O)OCCNc1cccc2c1C(=O)N(C1CCC(=O)NC1=O)C2=O. The molecule has 1 atom stereocenters. The number of hydrogen-bond donors (Lipinski definition) is 3. The van der Waals surface area contributed by atoms with E-state index in [1.807, 2.05) is 13.8 Å². The molecule has 3 rings (SSSR count). The molecule has 1 saturated heterocycles. The van der Waals surface area contributed by atoms with Crippen molar-refractivity contribution in [3.8, 4) is 0 Å². The fraction of sp³-hybridized carbons (Fsp3) is 0.542. The highest BCUT2D eigenvalue weighted by Gasteiger charge is 2.45. The summed E-state index contributed by atoms with van der Waals surface area (Å²) < 4.78 is 11.6. The van der Waals surface area contributed by atoms with Crippen molar-refractivity contribution < 1.29 is 38.6 Å². The number of benzene rings is 1. The molecule has 1 fully saturated rings. The maximum Gasteiger partial charge on any atom is 0.306 e. The van der Waals surface area contributed by atoms with Crippen molar-refractivity contribution >= 4 is 35.3 Å². The summed E-state index contributed by atoms with van der Waals surface area (Å²) in [7, 11) is 0. The summed E-state index contributed by atoms with van der Waals surface area (Å²) in [5.74, 6) is -3.18. The van der Waals surface area contributed by atoms with Crippen molar-refractivity contribution in [1.29, 1.82) is 0 Å². The summed E-state index contributed by atoms with van der Waals surface area (Å²) in [6, 6.07) is 3.81. The van der Waals surface area contributed by atoms with Crippen molar-refractivity contribution in [3.05, 3.63) is 29.3 Å². The molecule has 0 aliphatic carbocycles. The number of aliphatic carboxylic acids is 1. The quantitative estimate of drug-likeness (QED) is 0.311. The Balaban J connectivity index is 1.59. The van der Waals surface area contributed by atoms with Crippen LogP contribution in [-0.2, 0) is 23.9 Å². The number of piperidine rings is 1. The third-order valence-electron chi connectivity index (χ3n) is 5.77. The van der Waals surface area contributed by atoms with E-state index in [0.717, 1.165) is 4.90 Å². The molecule has 1 unspecified atom stereocenters. The summed E-state index contributed by atoms with van der Waals surface area (Å²) in [5.41, 5.74) is -0.711. The molecule has 2 aliphatic heterocycles. The van der Waals surface area contributed by atoms with Gasteiger partial charge in [-0.15, -0.1) is 0 Å².